The molecular weight excluding hydrogens is 405 g/mol. The number of benzene rings is 4. The van der Waals surface area contributed by atoms with Crippen molar-refractivity contribution >= 4 is 12.2 Å². The topological polar surface area (TPSA) is 0 Å². The first-order valence-electron chi connectivity index (χ1n) is 10.6. The Labute approximate surface area is 186 Å². The maximum atomic E-state index is 14.7. The van der Waals surface area contributed by atoms with E-state index >= 15 is 0 Å². The Morgan fingerprint density at radius 2 is 1.31 bits per heavy atom. The van der Waals surface area contributed by atoms with Crippen LogP contribution in [-0.4, -0.2) is 0 Å². The van der Waals surface area contributed by atoms with E-state index in [-0.39, 0.29) is 16.9 Å². The second-order valence-corrected chi connectivity index (χ2v) is 7.81. The minimum atomic E-state index is -0.873. The van der Waals surface area contributed by atoms with Crippen LogP contribution in [0.4, 0.5) is 13.2 Å². The summed E-state index contributed by atoms with van der Waals surface area (Å²) >= 11 is 0. The minimum Gasteiger partial charge on any atom is -0.207 e. The Morgan fingerprint density at radius 1 is 0.656 bits per heavy atom. The van der Waals surface area contributed by atoms with Gasteiger partial charge in [-0.1, -0.05) is 97.4 Å². The number of rotatable bonds is 5. The van der Waals surface area contributed by atoms with Crippen LogP contribution in [0.15, 0.2) is 78.9 Å². The molecule has 0 unspecified atom stereocenters. The smallest absolute Gasteiger partial charge is 0.167 e. The maximum Gasteiger partial charge on any atom is 0.167 e. The van der Waals surface area contributed by atoms with Crippen molar-refractivity contribution in [1.82, 2.24) is 0 Å². The van der Waals surface area contributed by atoms with Crippen LogP contribution in [-0.2, 0) is 6.42 Å². The SMILES string of the molecule is CCc1ccc(-c2ccc(C=Cc3ccc(-c4ccc(C)cc4)c(F)c3F)cc2)cc1F. The van der Waals surface area contributed by atoms with Gasteiger partial charge < -0.3 is 0 Å². The van der Waals surface area contributed by atoms with Gasteiger partial charge in [-0.3, -0.25) is 0 Å². The lowest BCUT2D eigenvalue weighted by molar-refractivity contribution is 0.509. The summed E-state index contributed by atoms with van der Waals surface area (Å²) in [6.45, 7) is 3.87. The lowest BCUT2D eigenvalue weighted by Crippen LogP contribution is -1.93. The Bertz CT molecular complexity index is 1270. The predicted molar refractivity (Wildman–Crippen MR) is 127 cm³/mol. The molecule has 32 heavy (non-hydrogen) atoms. The average Bonchev–Trinajstić information content (AvgIpc) is 2.81. The monoisotopic (exact) mass is 428 g/mol. The zero-order valence-electron chi connectivity index (χ0n) is 18.0. The van der Waals surface area contributed by atoms with E-state index in [9.17, 15) is 13.2 Å². The summed E-state index contributed by atoms with van der Waals surface area (Å²) in [5.41, 5.74) is 5.34. The van der Waals surface area contributed by atoms with Gasteiger partial charge in [0, 0.05) is 11.1 Å². The molecule has 4 rings (SSSR count). The van der Waals surface area contributed by atoms with E-state index in [4.69, 9.17) is 0 Å². The number of halogens is 3. The van der Waals surface area contributed by atoms with Gasteiger partial charge >= 0.3 is 0 Å². The first-order valence-corrected chi connectivity index (χ1v) is 10.6. The van der Waals surface area contributed by atoms with Gasteiger partial charge in [0.2, 0.25) is 0 Å². The Morgan fingerprint density at radius 3 is 1.97 bits per heavy atom. The first-order chi connectivity index (χ1) is 15.5. The van der Waals surface area contributed by atoms with E-state index in [1.807, 2.05) is 56.3 Å². The molecule has 0 radical (unpaired) electrons. The zero-order valence-corrected chi connectivity index (χ0v) is 18.0. The second-order valence-electron chi connectivity index (χ2n) is 7.81. The van der Waals surface area contributed by atoms with Crippen molar-refractivity contribution in [3.8, 4) is 22.3 Å². The van der Waals surface area contributed by atoms with Gasteiger partial charge in [0.15, 0.2) is 11.6 Å². The number of hydrogen-bond donors (Lipinski definition) is 0. The molecule has 0 spiro atoms. The Hall–Kier alpha value is -3.59. The molecular formula is C29H23F3. The van der Waals surface area contributed by atoms with E-state index in [2.05, 4.69) is 0 Å². The van der Waals surface area contributed by atoms with Gasteiger partial charge in [-0.15, -0.1) is 0 Å². The van der Waals surface area contributed by atoms with E-state index in [1.54, 1.807) is 42.5 Å². The summed E-state index contributed by atoms with van der Waals surface area (Å²) < 4.78 is 43.4. The van der Waals surface area contributed by atoms with Gasteiger partial charge in [0.25, 0.3) is 0 Å². The average molecular weight is 428 g/mol. The third-order valence-electron chi connectivity index (χ3n) is 5.61. The summed E-state index contributed by atoms with van der Waals surface area (Å²) in [6, 6.07) is 23.2. The van der Waals surface area contributed by atoms with Gasteiger partial charge in [0.05, 0.1) is 0 Å². The standard InChI is InChI=1S/C29H23F3/c1-3-21-14-15-25(18-27(21)30)22-11-6-20(7-12-22)8-13-24-16-17-26(29(32)28(24)31)23-9-4-19(2)5-10-23/h4-18H,3H2,1-2H3. The first kappa shape index (κ1) is 21.6. The van der Waals surface area contributed by atoms with Crippen molar-refractivity contribution in [3.05, 3.63) is 119 Å². The van der Waals surface area contributed by atoms with E-state index < -0.39 is 11.6 Å². The summed E-state index contributed by atoms with van der Waals surface area (Å²) in [6.07, 6.45) is 3.94. The van der Waals surface area contributed by atoms with Crippen LogP contribution in [0.3, 0.4) is 0 Å². The molecule has 0 atom stereocenters. The predicted octanol–water partition coefficient (Wildman–Crippen LogP) is 8.48. The van der Waals surface area contributed by atoms with Crippen LogP contribution in [0, 0.1) is 24.4 Å². The van der Waals surface area contributed by atoms with E-state index in [0.717, 1.165) is 22.3 Å². The van der Waals surface area contributed by atoms with Crippen molar-refractivity contribution < 1.29 is 13.2 Å². The lowest BCUT2D eigenvalue weighted by Gasteiger charge is -2.07. The van der Waals surface area contributed by atoms with Crippen LogP contribution in [0.1, 0.15) is 29.2 Å². The molecule has 0 aliphatic heterocycles. The Kier molecular flexibility index (Phi) is 6.27. The molecule has 0 saturated heterocycles. The summed E-state index contributed by atoms with van der Waals surface area (Å²) in [7, 11) is 0. The van der Waals surface area contributed by atoms with Crippen molar-refractivity contribution in [3.63, 3.8) is 0 Å². The van der Waals surface area contributed by atoms with Gasteiger partial charge in [-0.05, 0) is 47.2 Å². The van der Waals surface area contributed by atoms with Crippen molar-refractivity contribution in [2.75, 3.05) is 0 Å². The summed E-state index contributed by atoms with van der Waals surface area (Å²) in [5, 5.41) is 0. The number of hydrogen-bond acceptors (Lipinski definition) is 0. The van der Waals surface area contributed by atoms with Crippen molar-refractivity contribution in [1.29, 1.82) is 0 Å². The number of aryl methyl sites for hydroxylation is 2. The fourth-order valence-corrected chi connectivity index (χ4v) is 3.64. The van der Waals surface area contributed by atoms with E-state index in [1.165, 1.54) is 6.07 Å². The van der Waals surface area contributed by atoms with Crippen LogP contribution >= 0.6 is 0 Å². The molecule has 0 heterocycles. The molecule has 160 valence electrons. The highest BCUT2D eigenvalue weighted by Crippen LogP contribution is 2.28. The lowest BCUT2D eigenvalue weighted by atomic mass is 10.00. The van der Waals surface area contributed by atoms with Crippen LogP contribution < -0.4 is 0 Å². The molecule has 0 aromatic heterocycles. The zero-order chi connectivity index (χ0) is 22.7. The maximum absolute atomic E-state index is 14.7. The third-order valence-corrected chi connectivity index (χ3v) is 5.61. The molecule has 4 aromatic carbocycles. The normalized spacial score (nSPS) is 11.3. The van der Waals surface area contributed by atoms with Gasteiger partial charge in [0.1, 0.15) is 5.82 Å². The summed E-state index contributed by atoms with van der Waals surface area (Å²) in [5.74, 6) is -1.94. The third kappa shape index (κ3) is 4.52. The molecule has 3 heteroatoms. The molecule has 4 aromatic rings. The highest BCUT2D eigenvalue weighted by atomic mass is 19.2. The molecule has 0 saturated carbocycles. The summed E-state index contributed by atoms with van der Waals surface area (Å²) in [4.78, 5) is 0. The van der Waals surface area contributed by atoms with Gasteiger partial charge in [-0.25, -0.2) is 13.2 Å². The van der Waals surface area contributed by atoms with Gasteiger partial charge in [-0.2, -0.15) is 0 Å². The molecule has 0 amide bonds. The fourth-order valence-electron chi connectivity index (χ4n) is 3.64. The Balaban J connectivity index is 1.55. The molecule has 0 N–H and O–H groups in total. The highest BCUT2D eigenvalue weighted by Gasteiger charge is 2.13. The quantitative estimate of drug-likeness (QED) is 0.280. The molecule has 0 bridgehead atoms. The molecule has 0 aliphatic carbocycles. The molecule has 0 aliphatic rings. The van der Waals surface area contributed by atoms with Crippen molar-refractivity contribution in [2.45, 2.75) is 20.3 Å². The highest BCUT2D eigenvalue weighted by molar-refractivity contribution is 5.74. The van der Waals surface area contributed by atoms with Crippen LogP contribution in [0.25, 0.3) is 34.4 Å². The van der Waals surface area contributed by atoms with Crippen LogP contribution in [0.2, 0.25) is 0 Å². The minimum absolute atomic E-state index is 0.180. The van der Waals surface area contributed by atoms with Crippen LogP contribution in [0.5, 0.6) is 0 Å². The fraction of sp³-hybridized carbons (Fsp3) is 0.103. The van der Waals surface area contributed by atoms with E-state index in [0.29, 0.717) is 17.5 Å². The molecule has 0 nitrogen and oxygen atoms in total. The molecule has 0 fully saturated rings. The van der Waals surface area contributed by atoms with Crippen molar-refractivity contribution in [2.24, 2.45) is 0 Å². The second kappa shape index (κ2) is 9.27. The largest absolute Gasteiger partial charge is 0.207 e.